The highest BCUT2D eigenvalue weighted by Crippen LogP contribution is 2.29. The van der Waals surface area contributed by atoms with Gasteiger partial charge in [-0.3, -0.25) is 4.79 Å². The number of aliphatic carboxylic acids is 1. The van der Waals surface area contributed by atoms with E-state index < -0.39 is 5.97 Å². The van der Waals surface area contributed by atoms with E-state index in [2.05, 4.69) is 15.9 Å². The van der Waals surface area contributed by atoms with Crippen molar-refractivity contribution in [3.8, 4) is 0 Å². The number of carboxylic acids is 1. The molecule has 78 valence electrons. The van der Waals surface area contributed by atoms with Crippen LogP contribution in [0.3, 0.4) is 0 Å². The zero-order valence-electron chi connectivity index (χ0n) is 7.43. The molecular formula is C9H10BrClO2S. The van der Waals surface area contributed by atoms with Crippen molar-refractivity contribution in [3.63, 3.8) is 0 Å². The molecule has 0 aliphatic heterocycles. The van der Waals surface area contributed by atoms with Gasteiger partial charge in [-0.05, 0) is 23.8 Å². The molecule has 0 amide bonds. The minimum atomic E-state index is -0.833. The highest BCUT2D eigenvalue weighted by atomic mass is 79.9. The molecule has 0 spiro atoms. The fraction of sp³-hybridized carbons (Fsp3) is 0.444. The minimum Gasteiger partial charge on any atom is -0.481 e. The zero-order valence-corrected chi connectivity index (χ0v) is 10.6. The van der Waals surface area contributed by atoms with E-state index in [-0.39, 0.29) is 6.42 Å². The number of carbonyl (C=O) groups is 1. The molecule has 0 saturated carbocycles. The number of alkyl halides is 1. The van der Waals surface area contributed by atoms with Crippen LogP contribution in [0, 0.1) is 0 Å². The lowest BCUT2D eigenvalue weighted by Gasteiger charge is -1.97. The van der Waals surface area contributed by atoms with Gasteiger partial charge in [-0.1, -0.05) is 27.5 Å². The number of thiophene rings is 1. The van der Waals surface area contributed by atoms with Gasteiger partial charge in [0.1, 0.15) is 0 Å². The Bertz CT molecular complexity index is 325. The van der Waals surface area contributed by atoms with Gasteiger partial charge >= 0.3 is 5.97 Å². The molecule has 0 atom stereocenters. The summed E-state index contributed by atoms with van der Waals surface area (Å²) in [6, 6.07) is 0. The fourth-order valence-electron chi connectivity index (χ4n) is 1.11. The van der Waals surface area contributed by atoms with Crippen LogP contribution in [-0.4, -0.2) is 16.4 Å². The van der Waals surface area contributed by atoms with Crippen LogP contribution < -0.4 is 0 Å². The van der Waals surface area contributed by atoms with Gasteiger partial charge in [0.05, 0.1) is 11.4 Å². The Morgan fingerprint density at radius 1 is 1.64 bits per heavy atom. The highest BCUT2D eigenvalue weighted by molar-refractivity contribution is 9.09. The standard InChI is InChI=1S/C9H10BrClO2S/c10-3-1-2-6-5-14-7(9(6)11)4-8(12)13/h5H,1-4H2,(H,12,13). The second-order valence-corrected chi connectivity index (χ2v) is 5.00. The van der Waals surface area contributed by atoms with Gasteiger partial charge in [0.2, 0.25) is 0 Å². The quantitative estimate of drug-likeness (QED) is 0.846. The van der Waals surface area contributed by atoms with E-state index >= 15 is 0 Å². The maximum absolute atomic E-state index is 10.5. The molecule has 0 unspecified atom stereocenters. The molecule has 1 heterocycles. The maximum Gasteiger partial charge on any atom is 0.308 e. The Kier molecular flexibility index (Phi) is 4.92. The van der Waals surface area contributed by atoms with Gasteiger partial charge in [-0.25, -0.2) is 0 Å². The second-order valence-electron chi connectivity index (χ2n) is 2.86. The molecule has 0 radical (unpaired) electrons. The molecule has 0 bridgehead atoms. The Hall–Kier alpha value is -0.0600. The summed E-state index contributed by atoms with van der Waals surface area (Å²) in [5.41, 5.74) is 1.06. The van der Waals surface area contributed by atoms with E-state index in [9.17, 15) is 4.79 Å². The first-order valence-electron chi connectivity index (χ1n) is 4.17. The van der Waals surface area contributed by atoms with E-state index in [0.29, 0.717) is 5.02 Å². The summed E-state index contributed by atoms with van der Waals surface area (Å²) in [5, 5.41) is 12.1. The summed E-state index contributed by atoms with van der Waals surface area (Å²) in [5.74, 6) is -0.833. The molecule has 0 fully saturated rings. The van der Waals surface area contributed by atoms with Crippen molar-refractivity contribution in [2.24, 2.45) is 0 Å². The SMILES string of the molecule is O=C(O)Cc1scc(CCCBr)c1Cl. The summed E-state index contributed by atoms with van der Waals surface area (Å²) in [7, 11) is 0. The third-order valence-corrected chi connectivity index (χ3v) is 3.94. The Morgan fingerprint density at radius 2 is 2.36 bits per heavy atom. The predicted octanol–water partition coefficient (Wildman–Crippen LogP) is 3.36. The lowest BCUT2D eigenvalue weighted by Crippen LogP contribution is -1.98. The Morgan fingerprint density at radius 3 is 2.93 bits per heavy atom. The van der Waals surface area contributed by atoms with Gasteiger partial charge in [0.25, 0.3) is 0 Å². The molecule has 0 aromatic carbocycles. The molecular weight excluding hydrogens is 288 g/mol. The molecule has 5 heteroatoms. The molecule has 1 aromatic heterocycles. The first-order chi connectivity index (χ1) is 6.65. The van der Waals surface area contributed by atoms with Gasteiger partial charge in [0.15, 0.2) is 0 Å². The van der Waals surface area contributed by atoms with E-state index in [0.717, 1.165) is 28.6 Å². The van der Waals surface area contributed by atoms with Crippen molar-refractivity contribution in [1.82, 2.24) is 0 Å². The van der Waals surface area contributed by atoms with Crippen molar-refractivity contribution in [2.45, 2.75) is 19.3 Å². The molecule has 1 N–H and O–H groups in total. The van der Waals surface area contributed by atoms with Crippen LogP contribution in [0.1, 0.15) is 16.9 Å². The molecule has 1 aromatic rings. The van der Waals surface area contributed by atoms with Crippen LogP contribution in [-0.2, 0) is 17.6 Å². The summed E-state index contributed by atoms with van der Waals surface area (Å²) in [4.78, 5) is 11.2. The molecule has 0 aliphatic carbocycles. The average Bonchev–Trinajstić information content (AvgIpc) is 2.45. The van der Waals surface area contributed by atoms with Crippen LogP contribution in [0.5, 0.6) is 0 Å². The van der Waals surface area contributed by atoms with Gasteiger partial charge < -0.3 is 5.11 Å². The monoisotopic (exact) mass is 296 g/mol. The summed E-state index contributed by atoms with van der Waals surface area (Å²) >= 11 is 10.8. The summed E-state index contributed by atoms with van der Waals surface area (Å²) in [6.07, 6.45) is 1.95. The maximum atomic E-state index is 10.5. The smallest absolute Gasteiger partial charge is 0.308 e. The lowest BCUT2D eigenvalue weighted by molar-refractivity contribution is -0.136. The highest BCUT2D eigenvalue weighted by Gasteiger charge is 2.11. The predicted molar refractivity (Wildman–Crippen MR) is 62.8 cm³/mol. The number of hydrogen-bond acceptors (Lipinski definition) is 2. The van der Waals surface area contributed by atoms with Crippen molar-refractivity contribution in [2.75, 3.05) is 5.33 Å². The van der Waals surface area contributed by atoms with Gasteiger partial charge in [-0.15, -0.1) is 11.3 Å². The van der Waals surface area contributed by atoms with E-state index in [1.54, 1.807) is 0 Å². The molecule has 2 nitrogen and oxygen atoms in total. The van der Waals surface area contributed by atoms with E-state index in [4.69, 9.17) is 16.7 Å². The molecule has 0 aliphatic rings. The number of aryl methyl sites for hydroxylation is 1. The average molecular weight is 298 g/mol. The largest absolute Gasteiger partial charge is 0.481 e. The van der Waals surface area contributed by atoms with Crippen molar-refractivity contribution in [3.05, 3.63) is 20.8 Å². The summed E-state index contributed by atoms with van der Waals surface area (Å²) < 4.78 is 0. The molecule has 1 rings (SSSR count). The lowest BCUT2D eigenvalue weighted by atomic mass is 10.2. The van der Waals surface area contributed by atoms with E-state index in [1.165, 1.54) is 11.3 Å². The van der Waals surface area contributed by atoms with Gasteiger partial charge in [-0.2, -0.15) is 0 Å². The third-order valence-electron chi connectivity index (χ3n) is 1.76. The van der Waals surface area contributed by atoms with Crippen LogP contribution in [0.25, 0.3) is 0 Å². The van der Waals surface area contributed by atoms with Crippen molar-refractivity contribution in [1.29, 1.82) is 0 Å². The normalized spacial score (nSPS) is 10.4. The van der Waals surface area contributed by atoms with Crippen molar-refractivity contribution < 1.29 is 9.90 Å². The molecule has 0 saturated heterocycles. The third kappa shape index (κ3) is 3.26. The first-order valence-corrected chi connectivity index (χ1v) is 6.55. The first kappa shape index (κ1) is 12.0. The van der Waals surface area contributed by atoms with E-state index in [1.807, 2.05) is 5.38 Å². The number of halogens is 2. The fourth-order valence-corrected chi connectivity index (χ4v) is 2.76. The Labute approximate surface area is 100 Å². The summed E-state index contributed by atoms with van der Waals surface area (Å²) in [6.45, 7) is 0. The Balaban J connectivity index is 2.69. The zero-order chi connectivity index (χ0) is 10.6. The van der Waals surface area contributed by atoms with Crippen molar-refractivity contribution >= 4 is 44.8 Å². The van der Waals surface area contributed by atoms with Crippen LogP contribution >= 0.6 is 38.9 Å². The van der Waals surface area contributed by atoms with Crippen LogP contribution in [0.2, 0.25) is 5.02 Å². The minimum absolute atomic E-state index is 0.0256. The number of rotatable bonds is 5. The van der Waals surface area contributed by atoms with Crippen LogP contribution in [0.15, 0.2) is 5.38 Å². The van der Waals surface area contributed by atoms with Crippen LogP contribution in [0.4, 0.5) is 0 Å². The second kappa shape index (κ2) is 5.73. The molecule has 14 heavy (non-hydrogen) atoms. The number of carboxylic acid groups (broad SMARTS) is 1. The van der Waals surface area contributed by atoms with Gasteiger partial charge in [0, 0.05) is 10.2 Å². The topological polar surface area (TPSA) is 37.3 Å². The number of hydrogen-bond donors (Lipinski definition) is 1.